The Morgan fingerprint density at radius 1 is 1.24 bits per heavy atom. The Kier molecular flexibility index (Phi) is 4.80. The number of hydrogen-bond acceptors (Lipinski definition) is 6. The van der Waals surface area contributed by atoms with Gasteiger partial charge < -0.3 is 21.9 Å². The topological polar surface area (TPSA) is 127 Å². The number of fused-ring (bicyclic) bond motifs is 1. The van der Waals surface area contributed by atoms with Gasteiger partial charge in [0.25, 0.3) is 0 Å². The second-order valence-electron chi connectivity index (χ2n) is 5.45. The normalized spacial score (nSPS) is 12.1. The van der Waals surface area contributed by atoms with Crippen molar-refractivity contribution in [2.24, 2.45) is 5.73 Å². The molecule has 7 nitrogen and oxygen atoms in total. The Labute approximate surface area is 148 Å². The Hall–Kier alpha value is -2.74. The number of anilines is 2. The number of aromatic nitrogens is 2. The van der Waals surface area contributed by atoms with Gasteiger partial charge in [0.15, 0.2) is 0 Å². The Bertz CT molecular complexity index is 947. The van der Waals surface area contributed by atoms with E-state index in [1.807, 2.05) is 6.07 Å². The van der Waals surface area contributed by atoms with Crippen molar-refractivity contribution in [2.75, 3.05) is 17.7 Å². The number of carbonyl (C=O) groups is 1. The van der Waals surface area contributed by atoms with Crippen molar-refractivity contribution in [1.82, 2.24) is 9.97 Å². The maximum Gasteiger partial charge on any atom is 0.243 e. The van der Waals surface area contributed by atoms with Crippen molar-refractivity contribution >= 4 is 40.0 Å². The first-order chi connectivity index (χ1) is 12.0. The highest BCUT2D eigenvalue weighted by atomic mass is 35.5. The predicted octanol–water partition coefficient (Wildman–Crippen LogP) is 1.79. The zero-order chi connectivity index (χ0) is 18.0. The highest BCUT2D eigenvalue weighted by Gasteiger charge is 2.14. The summed E-state index contributed by atoms with van der Waals surface area (Å²) in [5.41, 5.74) is 13.9. The van der Waals surface area contributed by atoms with Crippen LogP contribution in [0.2, 0.25) is 5.02 Å². The van der Waals surface area contributed by atoms with Crippen LogP contribution in [0.1, 0.15) is 0 Å². The van der Waals surface area contributed by atoms with Crippen LogP contribution in [0.25, 0.3) is 22.2 Å². The molecule has 0 saturated heterocycles. The van der Waals surface area contributed by atoms with Gasteiger partial charge in [0.1, 0.15) is 6.04 Å². The van der Waals surface area contributed by atoms with Crippen LogP contribution in [0.5, 0.6) is 0 Å². The smallest absolute Gasteiger partial charge is 0.243 e. The summed E-state index contributed by atoms with van der Waals surface area (Å²) in [5.74, 6) is -0.337. The van der Waals surface area contributed by atoms with Crippen LogP contribution in [0.4, 0.5) is 11.6 Å². The van der Waals surface area contributed by atoms with E-state index in [0.29, 0.717) is 21.9 Å². The average Bonchev–Trinajstić information content (AvgIpc) is 2.60. The number of nitrogens with two attached hydrogens (primary N) is 2. The SMILES string of the molecule is Nc1nc(-c2cccc(NC(=O)C(N)CO)c2)c2cc(Cl)ccc2n1. The lowest BCUT2D eigenvalue weighted by atomic mass is 10.1. The second-order valence-corrected chi connectivity index (χ2v) is 5.89. The summed E-state index contributed by atoms with van der Waals surface area (Å²) in [4.78, 5) is 20.4. The molecule has 6 N–H and O–H groups in total. The largest absolute Gasteiger partial charge is 0.394 e. The monoisotopic (exact) mass is 357 g/mol. The van der Waals surface area contributed by atoms with Crippen LogP contribution < -0.4 is 16.8 Å². The quantitative estimate of drug-likeness (QED) is 0.563. The third-order valence-corrected chi connectivity index (χ3v) is 3.85. The number of aliphatic hydroxyl groups is 1. The summed E-state index contributed by atoms with van der Waals surface area (Å²) in [6, 6.07) is 11.3. The molecule has 0 saturated carbocycles. The van der Waals surface area contributed by atoms with Crippen LogP contribution >= 0.6 is 11.6 Å². The number of nitrogens with zero attached hydrogens (tertiary/aromatic N) is 2. The molecule has 1 atom stereocenters. The number of benzene rings is 2. The summed E-state index contributed by atoms with van der Waals surface area (Å²) in [7, 11) is 0. The van der Waals surface area contributed by atoms with Gasteiger partial charge >= 0.3 is 0 Å². The number of amides is 1. The minimum absolute atomic E-state index is 0.140. The van der Waals surface area contributed by atoms with Gasteiger partial charge in [0.05, 0.1) is 17.8 Å². The Balaban J connectivity index is 2.05. The van der Waals surface area contributed by atoms with Crippen LogP contribution in [-0.2, 0) is 4.79 Å². The van der Waals surface area contributed by atoms with Gasteiger partial charge in [-0.3, -0.25) is 4.79 Å². The number of carbonyl (C=O) groups excluding carboxylic acids is 1. The zero-order valence-electron chi connectivity index (χ0n) is 13.1. The van der Waals surface area contributed by atoms with E-state index in [9.17, 15) is 4.79 Å². The van der Waals surface area contributed by atoms with Crippen LogP contribution in [-0.4, -0.2) is 33.6 Å². The van der Waals surface area contributed by atoms with Gasteiger partial charge in [-0.15, -0.1) is 0 Å². The first kappa shape index (κ1) is 17.1. The number of hydrogen-bond donors (Lipinski definition) is 4. The molecule has 0 spiro atoms. The lowest BCUT2D eigenvalue weighted by Crippen LogP contribution is -2.38. The van der Waals surface area contributed by atoms with E-state index in [2.05, 4.69) is 15.3 Å². The van der Waals surface area contributed by atoms with Gasteiger partial charge in [-0.1, -0.05) is 23.7 Å². The van der Waals surface area contributed by atoms with E-state index < -0.39 is 18.6 Å². The molecule has 8 heteroatoms. The fourth-order valence-corrected chi connectivity index (χ4v) is 2.57. The molecule has 1 unspecified atom stereocenters. The van der Waals surface area contributed by atoms with Gasteiger partial charge in [0.2, 0.25) is 11.9 Å². The molecule has 0 aliphatic carbocycles. The van der Waals surface area contributed by atoms with Crippen molar-refractivity contribution < 1.29 is 9.90 Å². The molecule has 2 aromatic carbocycles. The molecule has 3 rings (SSSR count). The van der Waals surface area contributed by atoms with Gasteiger partial charge in [-0.05, 0) is 30.3 Å². The molecule has 128 valence electrons. The van der Waals surface area contributed by atoms with E-state index in [-0.39, 0.29) is 5.95 Å². The Morgan fingerprint density at radius 3 is 2.80 bits per heavy atom. The minimum atomic E-state index is -0.988. The summed E-state index contributed by atoms with van der Waals surface area (Å²) < 4.78 is 0. The van der Waals surface area contributed by atoms with Crippen LogP contribution in [0.3, 0.4) is 0 Å². The number of aliphatic hydroxyl groups excluding tert-OH is 1. The third kappa shape index (κ3) is 3.69. The van der Waals surface area contributed by atoms with Gasteiger partial charge in [-0.25, -0.2) is 9.97 Å². The number of nitrogen functional groups attached to an aromatic ring is 1. The standard InChI is InChI=1S/C17H16ClN5O2/c18-10-4-5-14-12(7-10)15(23-17(20)22-14)9-2-1-3-11(6-9)21-16(25)13(19)8-24/h1-7,13,24H,8,19H2,(H,21,25)(H2,20,22,23). The molecule has 0 aliphatic rings. The van der Waals surface area contributed by atoms with Crippen LogP contribution in [0.15, 0.2) is 42.5 Å². The van der Waals surface area contributed by atoms with Crippen molar-refractivity contribution in [1.29, 1.82) is 0 Å². The maximum atomic E-state index is 11.8. The van der Waals surface area contributed by atoms with Crippen molar-refractivity contribution in [3.05, 3.63) is 47.5 Å². The third-order valence-electron chi connectivity index (χ3n) is 3.61. The van der Waals surface area contributed by atoms with Crippen molar-refractivity contribution in [3.63, 3.8) is 0 Å². The van der Waals surface area contributed by atoms with Crippen molar-refractivity contribution in [2.45, 2.75) is 6.04 Å². The minimum Gasteiger partial charge on any atom is -0.394 e. The van der Waals surface area contributed by atoms with Crippen LogP contribution in [0, 0.1) is 0 Å². The highest BCUT2D eigenvalue weighted by Crippen LogP contribution is 2.30. The molecule has 0 aliphatic heterocycles. The van der Waals surface area contributed by atoms with E-state index in [4.69, 9.17) is 28.2 Å². The highest BCUT2D eigenvalue weighted by molar-refractivity contribution is 6.31. The van der Waals surface area contributed by atoms with E-state index in [1.165, 1.54) is 0 Å². The molecule has 1 aromatic heterocycles. The van der Waals surface area contributed by atoms with Crippen molar-refractivity contribution in [3.8, 4) is 11.3 Å². The van der Waals surface area contributed by atoms with E-state index in [1.54, 1.807) is 36.4 Å². The molecule has 0 fully saturated rings. The maximum absolute atomic E-state index is 11.8. The number of halogens is 1. The first-order valence-electron chi connectivity index (χ1n) is 7.48. The fraction of sp³-hybridized carbons (Fsp3) is 0.118. The zero-order valence-corrected chi connectivity index (χ0v) is 13.9. The molecule has 0 bridgehead atoms. The lowest BCUT2D eigenvalue weighted by molar-refractivity contribution is -0.118. The molecule has 1 amide bonds. The average molecular weight is 358 g/mol. The lowest BCUT2D eigenvalue weighted by Gasteiger charge is -2.12. The summed E-state index contributed by atoms with van der Waals surface area (Å²) in [6.45, 7) is -0.433. The number of rotatable bonds is 4. The fourth-order valence-electron chi connectivity index (χ4n) is 2.40. The molecule has 1 heterocycles. The molecule has 25 heavy (non-hydrogen) atoms. The summed E-state index contributed by atoms with van der Waals surface area (Å²) >= 11 is 6.09. The van der Waals surface area contributed by atoms with E-state index in [0.717, 1.165) is 10.9 Å². The first-order valence-corrected chi connectivity index (χ1v) is 7.86. The molecule has 0 radical (unpaired) electrons. The number of nitrogens with one attached hydrogen (secondary N) is 1. The van der Waals surface area contributed by atoms with Gasteiger partial charge in [-0.2, -0.15) is 0 Å². The van der Waals surface area contributed by atoms with Gasteiger partial charge in [0, 0.05) is 21.7 Å². The molecular formula is C17H16ClN5O2. The molecular weight excluding hydrogens is 342 g/mol. The second kappa shape index (κ2) is 7.02. The predicted molar refractivity (Wildman–Crippen MR) is 98.1 cm³/mol. The Morgan fingerprint density at radius 2 is 2.04 bits per heavy atom. The molecule has 3 aromatic rings. The summed E-state index contributed by atoms with van der Waals surface area (Å²) in [5, 5.41) is 12.9. The van der Waals surface area contributed by atoms with E-state index >= 15 is 0 Å². The summed E-state index contributed by atoms with van der Waals surface area (Å²) in [6.07, 6.45) is 0.